The van der Waals surface area contributed by atoms with E-state index >= 15 is 0 Å². The molecule has 2 heterocycles. The normalized spacial score (nSPS) is 31.4. The van der Waals surface area contributed by atoms with E-state index in [0.29, 0.717) is 27.1 Å². The summed E-state index contributed by atoms with van der Waals surface area (Å²) in [5, 5.41) is 7.02. The van der Waals surface area contributed by atoms with Gasteiger partial charge in [-0.15, -0.1) is 0 Å². The van der Waals surface area contributed by atoms with Gasteiger partial charge in [-0.3, -0.25) is 0 Å². The highest BCUT2D eigenvalue weighted by Gasteiger charge is 2.45. The quantitative estimate of drug-likeness (QED) is 0.503. The Morgan fingerprint density at radius 2 is 2.14 bits per heavy atom. The van der Waals surface area contributed by atoms with Crippen LogP contribution in [0.1, 0.15) is 44.1 Å². The lowest BCUT2D eigenvalue weighted by atomic mass is 9.78. The van der Waals surface area contributed by atoms with Crippen molar-refractivity contribution in [1.82, 2.24) is 0 Å². The first kappa shape index (κ1) is 16.5. The predicted octanol–water partition coefficient (Wildman–Crippen LogP) is 5.77. The minimum absolute atomic E-state index is 0.436. The second-order valence-electron chi connectivity index (χ2n) is 6.03. The predicted molar refractivity (Wildman–Crippen MR) is 96.4 cm³/mol. The topological polar surface area (TPSA) is 21.6 Å². The van der Waals surface area contributed by atoms with Crippen molar-refractivity contribution in [2.75, 3.05) is 7.11 Å². The zero-order valence-corrected chi connectivity index (χ0v) is 15.2. The van der Waals surface area contributed by atoms with Gasteiger partial charge in [-0.25, -0.2) is 0 Å². The second-order valence-corrected chi connectivity index (χ2v) is 8.39. The van der Waals surface area contributed by atoms with Gasteiger partial charge in [0.25, 0.3) is 0 Å². The van der Waals surface area contributed by atoms with E-state index in [1.807, 2.05) is 12.1 Å². The maximum Gasteiger partial charge on any atom is 0.106 e. The summed E-state index contributed by atoms with van der Waals surface area (Å²) in [6.45, 7) is 2.16. The van der Waals surface area contributed by atoms with Crippen molar-refractivity contribution in [3.8, 4) is 0 Å². The Hall–Kier alpha value is -0.380. The largest absolute Gasteiger partial charge is 0.399 e. The molecule has 2 aliphatic heterocycles. The van der Waals surface area contributed by atoms with Crippen LogP contribution >= 0.6 is 35.0 Å². The van der Waals surface area contributed by atoms with Gasteiger partial charge in [-0.1, -0.05) is 41.3 Å². The van der Waals surface area contributed by atoms with Crippen molar-refractivity contribution in [3.05, 3.63) is 33.8 Å². The first-order chi connectivity index (χ1) is 10.6. The van der Waals surface area contributed by atoms with Gasteiger partial charge in [0.1, 0.15) is 7.11 Å². The van der Waals surface area contributed by atoms with Crippen LogP contribution in [0.5, 0.6) is 0 Å². The third-order valence-corrected chi connectivity index (χ3v) is 7.25. The highest BCUT2D eigenvalue weighted by Crippen LogP contribution is 2.53. The van der Waals surface area contributed by atoms with Crippen LogP contribution in [0.2, 0.25) is 10.0 Å². The van der Waals surface area contributed by atoms with Crippen molar-refractivity contribution in [1.29, 1.82) is 0 Å². The van der Waals surface area contributed by atoms with E-state index in [-0.39, 0.29) is 0 Å². The molecule has 2 bridgehead atoms. The molecule has 0 saturated carbocycles. The van der Waals surface area contributed by atoms with E-state index in [4.69, 9.17) is 28.0 Å². The standard InChI is InChI=1S/C17H21Cl2NOS/c1-3-15(20-21-2)17-12(9-11-5-7-16(17)22-11)10-4-6-13(18)14(19)8-10/h4,6,8,11-12,16-17H,3,5,7,9H2,1-2H3/t11?,12-,16+,17-/m1/s1. The Bertz CT molecular complexity index is 578. The first-order valence-corrected chi connectivity index (χ1v) is 9.54. The van der Waals surface area contributed by atoms with Gasteiger partial charge in [-0.2, -0.15) is 11.8 Å². The fraction of sp³-hybridized carbons (Fsp3) is 0.588. The van der Waals surface area contributed by atoms with Crippen LogP contribution in [-0.2, 0) is 4.84 Å². The Kier molecular flexibility index (Phi) is 5.26. The van der Waals surface area contributed by atoms with Gasteiger partial charge in [0, 0.05) is 16.4 Å². The molecule has 120 valence electrons. The Labute approximate surface area is 146 Å². The van der Waals surface area contributed by atoms with Crippen molar-refractivity contribution in [3.63, 3.8) is 0 Å². The molecule has 0 spiro atoms. The molecule has 4 atom stereocenters. The maximum atomic E-state index is 6.25. The van der Waals surface area contributed by atoms with E-state index < -0.39 is 0 Å². The fourth-order valence-electron chi connectivity index (χ4n) is 3.87. The minimum Gasteiger partial charge on any atom is -0.399 e. The second kappa shape index (κ2) is 7.02. The molecule has 3 rings (SSSR count). The summed E-state index contributed by atoms with van der Waals surface area (Å²) in [6, 6.07) is 6.08. The summed E-state index contributed by atoms with van der Waals surface area (Å²) in [7, 11) is 1.64. The van der Waals surface area contributed by atoms with E-state index in [2.05, 4.69) is 29.9 Å². The van der Waals surface area contributed by atoms with Crippen LogP contribution in [0.15, 0.2) is 23.4 Å². The summed E-state index contributed by atoms with van der Waals surface area (Å²) in [4.78, 5) is 5.11. The summed E-state index contributed by atoms with van der Waals surface area (Å²) < 4.78 is 0. The Morgan fingerprint density at radius 3 is 2.82 bits per heavy atom. The smallest absolute Gasteiger partial charge is 0.106 e. The van der Waals surface area contributed by atoms with Gasteiger partial charge in [-0.05, 0) is 49.3 Å². The lowest BCUT2D eigenvalue weighted by Gasteiger charge is -2.37. The molecule has 0 aliphatic carbocycles. The van der Waals surface area contributed by atoms with Crippen molar-refractivity contribution in [2.24, 2.45) is 11.1 Å². The number of oxime groups is 1. The third kappa shape index (κ3) is 3.13. The van der Waals surface area contributed by atoms with Crippen LogP contribution in [0.3, 0.4) is 0 Å². The molecule has 2 fully saturated rings. The lowest BCUT2D eigenvalue weighted by molar-refractivity contribution is 0.209. The Morgan fingerprint density at radius 1 is 1.32 bits per heavy atom. The zero-order chi connectivity index (χ0) is 15.7. The fourth-order valence-corrected chi connectivity index (χ4v) is 6.05. The summed E-state index contributed by atoms with van der Waals surface area (Å²) in [6.07, 6.45) is 4.71. The third-order valence-electron chi connectivity index (χ3n) is 4.82. The Balaban J connectivity index is 1.98. The van der Waals surface area contributed by atoms with Crippen LogP contribution < -0.4 is 0 Å². The summed E-state index contributed by atoms with van der Waals surface area (Å²) in [5.74, 6) is 0.897. The number of fused-ring (bicyclic) bond motifs is 2. The highest BCUT2D eigenvalue weighted by molar-refractivity contribution is 8.00. The summed E-state index contributed by atoms with van der Waals surface area (Å²) in [5.41, 5.74) is 2.46. The number of thioether (sulfide) groups is 1. The van der Waals surface area contributed by atoms with Gasteiger partial charge < -0.3 is 4.84 Å². The SMILES string of the molecule is CCC(=NOC)[C@@H]1[C@@H]2CCC(C[C@@H]1c1ccc(Cl)c(Cl)c1)S2. The molecule has 0 radical (unpaired) electrons. The van der Waals surface area contributed by atoms with Gasteiger partial charge >= 0.3 is 0 Å². The molecule has 0 amide bonds. The molecule has 0 aromatic heterocycles. The lowest BCUT2D eigenvalue weighted by Crippen LogP contribution is -2.34. The monoisotopic (exact) mass is 357 g/mol. The molecule has 5 heteroatoms. The molecule has 22 heavy (non-hydrogen) atoms. The average molecular weight is 358 g/mol. The average Bonchev–Trinajstić information content (AvgIpc) is 2.90. The maximum absolute atomic E-state index is 6.25. The number of benzene rings is 1. The molecule has 0 N–H and O–H groups in total. The number of halogens is 2. The zero-order valence-electron chi connectivity index (χ0n) is 12.9. The number of rotatable bonds is 4. The van der Waals surface area contributed by atoms with Crippen LogP contribution in [-0.4, -0.2) is 23.3 Å². The highest BCUT2D eigenvalue weighted by atomic mass is 35.5. The molecule has 1 aromatic carbocycles. The first-order valence-electron chi connectivity index (χ1n) is 7.84. The number of nitrogens with zero attached hydrogens (tertiary/aromatic N) is 1. The van der Waals surface area contributed by atoms with E-state index in [9.17, 15) is 0 Å². The van der Waals surface area contributed by atoms with Gasteiger partial charge in [0.05, 0.1) is 15.8 Å². The molecule has 2 aliphatic rings. The van der Waals surface area contributed by atoms with Crippen LogP contribution in [0.25, 0.3) is 0 Å². The molecule has 1 aromatic rings. The minimum atomic E-state index is 0.436. The van der Waals surface area contributed by atoms with E-state index in [1.165, 1.54) is 30.5 Å². The van der Waals surface area contributed by atoms with Crippen LogP contribution in [0, 0.1) is 5.92 Å². The van der Waals surface area contributed by atoms with E-state index in [0.717, 1.165) is 11.7 Å². The van der Waals surface area contributed by atoms with Crippen molar-refractivity contribution < 1.29 is 4.84 Å². The molecule has 2 nitrogen and oxygen atoms in total. The molecule has 1 unspecified atom stereocenters. The van der Waals surface area contributed by atoms with Crippen LogP contribution in [0.4, 0.5) is 0 Å². The number of hydrogen-bond donors (Lipinski definition) is 0. The molecule has 2 saturated heterocycles. The van der Waals surface area contributed by atoms with Gasteiger partial charge in [0.2, 0.25) is 0 Å². The summed E-state index contributed by atoms with van der Waals surface area (Å²) >= 11 is 14.5. The van der Waals surface area contributed by atoms with Crippen molar-refractivity contribution >= 4 is 40.7 Å². The van der Waals surface area contributed by atoms with E-state index in [1.54, 1.807) is 7.11 Å². The van der Waals surface area contributed by atoms with Gasteiger partial charge in [0.15, 0.2) is 0 Å². The molecular weight excluding hydrogens is 337 g/mol. The van der Waals surface area contributed by atoms with Crippen molar-refractivity contribution in [2.45, 2.75) is 49.0 Å². The molecular formula is C17H21Cl2NOS. The number of hydrogen-bond acceptors (Lipinski definition) is 3.